The molecule has 0 bridgehead atoms. The summed E-state index contributed by atoms with van der Waals surface area (Å²) in [6.45, 7) is 31.8. The fraction of sp³-hybridized carbons (Fsp3) is 0.625. The Morgan fingerprint density at radius 3 is 1.00 bits per heavy atom. The van der Waals surface area contributed by atoms with Gasteiger partial charge >= 0.3 is 14.8 Å². The van der Waals surface area contributed by atoms with Crippen LogP contribution in [0.1, 0.15) is 119 Å². The predicted octanol–water partition coefficient (Wildman–Crippen LogP) is 9.48. The largest absolute Gasteiger partial charge is 0.857 e. The molecule has 0 radical (unpaired) electrons. The van der Waals surface area contributed by atoms with Crippen LogP contribution in [0.15, 0.2) is 36.4 Å². The highest BCUT2D eigenvalue weighted by atomic mass is 27.2. The van der Waals surface area contributed by atoms with Crippen molar-refractivity contribution in [3.05, 3.63) is 58.7 Å². The second-order valence-electron chi connectivity index (χ2n) is 14.7. The molecule has 0 amide bonds. The van der Waals surface area contributed by atoms with Gasteiger partial charge in [0.15, 0.2) is 0 Å². The molecule has 0 aromatic heterocycles. The lowest BCUT2D eigenvalue weighted by Gasteiger charge is -2.34. The van der Waals surface area contributed by atoms with Crippen molar-refractivity contribution in [1.29, 1.82) is 0 Å². The van der Waals surface area contributed by atoms with E-state index < -0.39 is 14.8 Å². The van der Waals surface area contributed by atoms with Gasteiger partial charge in [-0.05, 0) is 49.2 Å². The molecule has 0 saturated carbocycles. The smallest absolute Gasteiger partial charge is 0.611 e. The Kier molecular flexibility index (Phi) is 8.95. The third kappa shape index (κ3) is 7.78. The van der Waals surface area contributed by atoms with E-state index in [0.717, 1.165) is 16.8 Å². The Labute approximate surface area is 221 Å². The van der Waals surface area contributed by atoms with Crippen LogP contribution in [-0.2, 0) is 21.7 Å². The highest BCUT2D eigenvalue weighted by Gasteiger charge is 2.39. The van der Waals surface area contributed by atoms with Gasteiger partial charge in [0.25, 0.3) is 0 Å². The van der Waals surface area contributed by atoms with Crippen molar-refractivity contribution >= 4 is 14.8 Å². The van der Waals surface area contributed by atoms with Gasteiger partial charge in [-0.25, -0.2) is 0 Å². The van der Waals surface area contributed by atoms with E-state index in [1.807, 2.05) is 0 Å². The average molecular weight is 495 g/mol. The predicted molar refractivity (Wildman–Crippen MR) is 154 cm³/mol. The van der Waals surface area contributed by atoms with Gasteiger partial charge in [-0.1, -0.05) is 139 Å². The first kappa shape index (κ1) is 29.8. The summed E-state index contributed by atoms with van der Waals surface area (Å²) in [5.41, 5.74) is 4.95. The lowest BCUT2D eigenvalue weighted by atomic mass is 9.79. The van der Waals surface area contributed by atoms with Crippen molar-refractivity contribution in [3.8, 4) is 11.5 Å². The van der Waals surface area contributed by atoms with Crippen LogP contribution >= 0.6 is 0 Å². The first-order valence-corrected chi connectivity index (χ1v) is 15.1. The van der Waals surface area contributed by atoms with Gasteiger partial charge in [-0.3, -0.25) is 0 Å². The molecule has 0 N–H and O–H groups in total. The summed E-state index contributed by atoms with van der Waals surface area (Å²) in [6.07, 6.45) is 0. The van der Waals surface area contributed by atoms with Crippen LogP contribution in [0.4, 0.5) is 0 Å². The van der Waals surface area contributed by atoms with Gasteiger partial charge in [0.2, 0.25) is 0 Å². The fourth-order valence-corrected chi connectivity index (χ4v) is 6.50. The molecule has 0 spiro atoms. The van der Waals surface area contributed by atoms with Gasteiger partial charge in [-0.15, -0.1) is 0 Å². The minimum absolute atomic E-state index is 0.0206. The van der Waals surface area contributed by atoms with Gasteiger partial charge in [0.1, 0.15) is 0 Å². The summed E-state index contributed by atoms with van der Waals surface area (Å²) in [5, 5.41) is 0.949. The van der Waals surface area contributed by atoms with Crippen molar-refractivity contribution in [1.82, 2.24) is 0 Å². The number of hydrogen-bond acceptors (Lipinski definition) is 2. The van der Waals surface area contributed by atoms with E-state index in [1.165, 1.54) is 22.3 Å². The third-order valence-corrected chi connectivity index (χ3v) is 8.75. The Morgan fingerprint density at radius 1 is 0.543 bits per heavy atom. The molecule has 0 fully saturated rings. The molecular formula is C32H51AlO2. The maximum Gasteiger partial charge on any atom is 0.857 e. The lowest BCUT2D eigenvalue weighted by molar-refractivity contribution is 0.378. The Bertz CT molecular complexity index is 850. The molecule has 3 heteroatoms. The Hall–Kier alpha value is -1.43. The quantitative estimate of drug-likeness (QED) is 0.372. The molecule has 194 valence electrons. The van der Waals surface area contributed by atoms with E-state index in [0.29, 0.717) is 5.92 Å². The number of benzene rings is 2. The number of hydrogen-bond donors (Lipinski definition) is 0. The summed E-state index contributed by atoms with van der Waals surface area (Å²) >= 11 is -2.14. The zero-order valence-electron chi connectivity index (χ0n) is 25.1. The van der Waals surface area contributed by atoms with E-state index >= 15 is 0 Å². The van der Waals surface area contributed by atoms with Crippen LogP contribution in [0.3, 0.4) is 0 Å². The molecule has 2 rings (SSSR count). The fourth-order valence-electron chi connectivity index (χ4n) is 4.46. The minimum atomic E-state index is -2.14. The molecule has 0 unspecified atom stereocenters. The van der Waals surface area contributed by atoms with Crippen LogP contribution in [0, 0.1) is 5.92 Å². The Morgan fingerprint density at radius 2 is 0.800 bits per heavy atom. The molecule has 2 nitrogen and oxygen atoms in total. The number of para-hydroxylation sites is 2. The Balaban J connectivity index is 2.71. The van der Waals surface area contributed by atoms with Crippen molar-refractivity contribution in [2.75, 3.05) is 0 Å². The van der Waals surface area contributed by atoms with Gasteiger partial charge in [0.05, 0.1) is 11.5 Å². The van der Waals surface area contributed by atoms with Crippen molar-refractivity contribution < 1.29 is 7.58 Å². The van der Waals surface area contributed by atoms with Crippen molar-refractivity contribution in [3.63, 3.8) is 0 Å². The highest BCUT2D eigenvalue weighted by Crippen LogP contribution is 2.43. The van der Waals surface area contributed by atoms with Crippen LogP contribution in [-0.4, -0.2) is 14.8 Å². The molecule has 0 aliphatic heterocycles. The van der Waals surface area contributed by atoms with Crippen molar-refractivity contribution in [2.45, 2.75) is 124 Å². The molecule has 0 atom stereocenters. The summed E-state index contributed by atoms with van der Waals surface area (Å²) in [7, 11) is 0. The second kappa shape index (κ2) is 10.5. The highest BCUT2D eigenvalue weighted by molar-refractivity contribution is 6.46. The topological polar surface area (TPSA) is 18.5 Å². The SMILES string of the molecule is CC(C)[CH2][Al]([O]c1c(C(C)(C)C)cccc1C(C)(C)C)[O]c1c(C(C)(C)C)cccc1C(C)(C)C. The van der Waals surface area contributed by atoms with E-state index in [1.54, 1.807) is 0 Å². The standard InChI is InChI=1S/2C14H22O.C4H9.Al/c2*1-13(2,3)10-8-7-9-11(12(10)15)14(4,5)6;1-4(2)3;/h2*7-9,15H,1-6H3;4H,1H2,2-3H3;/q;;;+2/p-2. The van der Waals surface area contributed by atoms with Gasteiger partial charge in [0, 0.05) is 0 Å². The maximum atomic E-state index is 7.10. The van der Waals surface area contributed by atoms with E-state index in [9.17, 15) is 0 Å². The van der Waals surface area contributed by atoms with Crippen LogP contribution < -0.4 is 7.58 Å². The zero-order chi connectivity index (χ0) is 27.0. The summed E-state index contributed by atoms with van der Waals surface area (Å²) < 4.78 is 14.2. The van der Waals surface area contributed by atoms with E-state index in [-0.39, 0.29) is 21.7 Å². The molecule has 0 saturated heterocycles. The van der Waals surface area contributed by atoms with E-state index in [4.69, 9.17) is 7.58 Å². The molecule has 2 aromatic carbocycles. The van der Waals surface area contributed by atoms with Crippen LogP contribution in [0.5, 0.6) is 11.5 Å². The first-order valence-electron chi connectivity index (χ1n) is 13.3. The third-order valence-electron chi connectivity index (χ3n) is 6.42. The lowest BCUT2D eigenvalue weighted by Crippen LogP contribution is -2.35. The second-order valence-corrected chi connectivity index (χ2v) is 16.5. The van der Waals surface area contributed by atoms with Gasteiger partial charge < -0.3 is 7.58 Å². The van der Waals surface area contributed by atoms with Gasteiger partial charge in [-0.2, -0.15) is 0 Å². The molecule has 0 aliphatic carbocycles. The van der Waals surface area contributed by atoms with Crippen molar-refractivity contribution in [2.24, 2.45) is 5.92 Å². The average Bonchev–Trinajstić information content (AvgIpc) is 2.64. The summed E-state index contributed by atoms with van der Waals surface area (Å²) in [6, 6.07) is 13.3. The first-order chi connectivity index (χ1) is 15.7. The molecule has 35 heavy (non-hydrogen) atoms. The van der Waals surface area contributed by atoms with Crippen LogP contribution in [0.2, 0.25) is 5.28 Å². The molecule has 0 heterocycles. The zero-order valence-corrected chi connectivity index (χ0v) is 26.3. The molecular weight excluding hydrogens is 443 g/mol. The summed E-state index contributed by atoms with van der Waals surface area (Å²) in [5.74, 6) is 2.57. The maximum absolute atomic E-state index is 7.10. The van der Waals surface area contributed by atoms with Crippen LogP contribution in [0.25, 0.3) is 0 Å². The normalized spacial score (nSPS) is 13.2. The monoisotopic (exact) mass is 494 g/mol. The number of rotatable bonds is 6. The molecule has 0 aliphatic rings. The minimum Gasteiger partial charge on any atom is -0.611 e. The summed E-state index contributed by atoms with van der Waals surface area (Å²) in [4.78, 5) is 0. The van der Waals surface area contributed by atoms with E-state index in [2.05, 4.69) is 133 Å². The molecule has 2 aromatic rings.